The molecule has 3 heterocycles. The number of aromatic nitrogens is 3. The molecule has 0 unspecified atom stereocenters. The molecule has 0 atom stereocenters. The van der Waals surface area contributed by atoms with Crippen LogP contribution in [-0.4, -0.2) is 58.8 Å². The average Bonchev–Trinajstić information content (AvgIpc) is 2.94. The van der Waals surface area contributed by atoms with Crippen LogP contribution in [0.5, 0.6) is 0 Å². The fraction of sp³-hybridized carbons (Fsp3) is 0.258. The topological polar surface area (TPSA) is 67.6 Å². The van der Waals surface area contributed by atoms with Gasteiger partial charge in [0.15, 0.2) is 0 Å². The molecule has 0 bridgehead atoms. The van der Waals surface area contributed by atoms with Crippen LogP contribution in [0.1, 0.15) is 11.3 Å². The van der Waals surface area contributed by atoms with Gasteiger partial charge in [0.05, 0.1) is 64.6 Å². The number of aryl methyl sites for hydroxylation is 2. The molecule has 3 aliphatic rings. The number of hydrogen-bond donors (Lipinski definition) is 1. The van der Waals surface area contributed by atoms with Crippen molar-refractivity contribution in [2.45, 2.75) is 13.8 Å². The summed E-state index contributed by atoms with van der Waals surface area (Å²) in [6.07, 6.45) is 1.81. The largest absolute Gasteiger partial charge is 0.379 e. The molecule has 7 heteroatoms. The number of para-hydroxylation sites is 2. The molecule has 7 nitrogen and oxygen atoms in total. The molecule has 1 saturated heterocycles. The zero-order valence-corrected chi connectivity index (χ0v) is 21.9. The molecule has 1 aromatic heterocycles. The van der Waals surface area contributed by atoms with Gasteiger partial charge in [0.2, 0.25) is 0 Å². The van der Waals surface area contributed by atoms with Gasteiger partial charge < -0.3 is 14.6 Å². The van der Waals surface area contributed by atoms with E-state index in [-0.39, 0.29) is 0 Å². The fourth-order valence-electron chi connectivity index (χ4n) is 4.94. The van der Waals surface area contributed by atoms with Crippen molar-refractivity contribution in [3.05, 3.63) is 95.6 Å². The van der Waals surface area contributed by atoms with E-state index in [9.17, 15) is 0 Å². The average molecular weight is 505 g/mol. The molecule has 0 spiro atoms. The van der Waals surface area contributed by atoms with Crippen LogP contribution in [0.2, 0.25) is 0 Å². The minimum atomic E-state index is 0.706. The Morgan fingerprint density at radius 1 is 0.921 bits per heavy atom. The van der Waals surface area contributed by atoms with E-state index in [0.29, 0.717) is 6.54 Å². The van der Waals surface area contributed by atoms with Crippen LogP contribution in [0.25, 0.3) is 28.1 Å². The molecule has 3 aromatic rings. The van der Waals surface area contributed by atoms with Gasteiger partial charge in [-0.3, -0.25) is 14.9 Å². The smallest absolute Gasteiger partial charge is 0.0900 e. The quantitative estimate of drug-likeness (QED) is 0.325. The van der Waals surface area contributed by atoms with Gasteiger partial charge in [0.1, 0.15) is 0 Å². The predicted molar refractivity (Wildman–Crippen MR) is 152 cm³/mol. The van der Waals surface area contributed by atoms with Gasteiger partial charge in [-0.15, -0.1) is 0 Å². The first kappa shape index (κ1) is 24.3. The maximum Gasteiger partial charge on any atom is 0.0900 e. The number of nitrogens with one attached hydrogen (secondary N) is 1. The van der Waals surface area contributed by atoms with Gasteiger partial charge in [0.25, 0.3) is 0 Å². The lowest BCUT2D eigenvalue weighted by Crippen LogP contribution is -2.38. The SMILES string of the molecule is Cc1ccc(-n2c3c/c(=N/CCN4CCOCC4)c(Nc4cccnc4C)cc-3nc3ccccc32)cc1. The van der Waals surface area contributed by atoms with E-state index in [2.05, 4.69) is 81.3 Å². The third-order valence-corrected chi connectivity index (χ3v) is 7.07. The first-order valence-corrected chi connectivity index (χ1v) is 13.2. The second-order valence-electron chi connectivity index (χ2n) is 9.73. The van der Waals surface area contributed by atoms with Gasteiger partial charge in [-0.1, -0.05) is 29.8 Å². The normalized spacial score (nSPS) is 14.8. The molecule has 1 aliphatic carbocycles. The number of benzene rings is 3. The van der Waals surface area contributed by atoms with Crippen LogP contribution in [0.15, 0.2) is 84.0 Å². The van der Waals surface area contributed by atoms with Crippen molar-refractivity contribution >= 4 is 22.4 Å². The van der Waals surface area contributed by atoms with Crippen LogP contribution in [0.3, 0.4) is 0 Å². The Labute approximate surface area is 222 Å². The summed E-state index contributed by atoms with van der Waals surface area (Å²) in [5.41, 5.74) is 9.08. The van der Waals surface area contributed by atoms with Gasteiger partial charge in [-0.05, 0) is 62.4 Å². The summed E-state index contributed by atoms with van der Waals surface area (Å²) >= 11 is 0. The number of rotatable bonds is 6. The minimum absolute atomic E-state index is 0.706. The first-order valence-electron chi connectivity index (χ1n) is 13.2. The zero-order valence-electron chi connectivity index (χ0n) is 21.9. The second-order valence-corrected chi connectivity index (χ2v) is 9.73. The molecule has 0 amide bonds. The summed E-state index contributed by atoms with van der Waals surface area (Å²) in [7, 11) is 0. The molecule has 1 fully saturated rings. The van der Waals surface area contributed by atoms with Crippen molar-refractivity contribution in [3.8, 4) is 17.1 Å². The lowest BCUT2D eigenvalue weighted by atomic mass is 10.1. The van der Waals surface area contributed by atoms with E-state index >= 15 is 0 Å². The highest BCUT2D eigenvalue weighted by molar-refractivity contribution is 5.84. The molecule has 192 valence electrons. The molecule has 2 aliphatic heterocycles. The fourth-order valence-corrected chi connectivity index (χ4v) is 4.94. The summed E-state index contributed by atoms with van der Waals surface area (Å²) in [6.45, 7) is 9.22. The summed E-state index contributed by atoms with van der Waals surface area (Å²) in [5.74, 6) is 0. The Hall–Kier alpha value is -4.07. The third kappa shape index (κ3) is 5.03. The number of nitrogens with zero attached hydrogens (tertiary/aromatic N) is 5. The number of morpholine rings is 1. The van der Waals surface area contributed by atoms with Crippen molar-refractivity contribution in [1.29, 1.82) is 0 Å². The van der Waals surface area contributed by atoms with Crippen LogP contribution < -0.4 is 10.7 Å². The predicted octanol–water partition coefficient (Wildman–Crippen LogP) is 5.12. The minimum Gasteiger partial charge on any atom is -0.379 e. The van der Waals surface area contributed by atoms with E-state index in [1.807, 2.05) is 31.3 Å². The van der Waals surface area contributed by atoms with Crippen molar-refractivity contribution < 1.29 is 4.74 Å². The molecule has 0 saturated carbocycles. The molecule has 1 N–H and O–H groups in total. The number of anilines is 2. The van der Waals surface area contributed by atoms with Crippen LogP contribution >= 0.6 is 0 Å². The van der Waals surface area contributed by atoms with E-state index in [1.54, 1.807) is 0 Å². The number of ether oxygens (including phenoxy) is 1. The van der Waals surface area contributed by atoms with Crippen molar-refractivity contribution in [1.82, 2.24) is 19.4 Å². The van der Waals surface area contributed by atoms with Gasteiger partial charge in [-0.25, -0.2) is 4.98 Å². The van der Waals surface area contributed by atoms with Crippen LogP contribution in [0, 0.1) is 13.8 Å². The maximum atomic E-state index is 5.51. The molecular formula is C31H32N6O. The number of hydrogen-bond acceptors (Lipinski definition) is 6. The van der Waals surface area contributed by atoms with Crippen molar-refractivity contribution in [2.24, 2.45) is 4.99 Å². The first-order chi connectivity index (χ1) is 18.7. The summed E-state index contributed by atoms with van der Waals surface area (Å²) in [5, 5.41) is 4.51. The molecule has 6 rings (SSSR count). The number of pyridine rings is 1. The van der Waals surface area contributed by atoms with Crippen molar-refractivity contribution in [2.75, 3.05) is 44.7 Å². The van der Waals surface area contributed by atoms with Gasteiger partial charge in [0, 0.05) is 31.5 Å². The van der Waals surface area contributed by atoms with Gasteiger partial charge >= 0.3 is 0 Å². The Balaban J connectivity index is 1.53. The Kier molecular flexibility index (Phi) is 6.86. The molecular weight excluding hydrogens is 472 g/mol. The Morgan fingerprint density at radius 3 is 2.55 bits per heavy atom. The van der Waals surface area contributed by atoms with E-state index in [4.69, 9.17) is 14.7 Å². The van der Waals surface area contributed by atoms with Gasteiger partial charge in [-0.2, -0.15) is 0 Å². The number of fused-ring (bicyclic) bond motifs is 2. The van der Waals surface area contributed by atoms with Crippen LogP contribution in [0.4, 0.5) is 11.4 Å². The second kappa shape index (κ2) is 10.7. The highest BCUT2D eigenvalue weighted by Gasteiger charge is 2.17. The summed E-state index contributed by atoms with van der Waals surface area (Å²) < 4.78 is 7.80. The third-order valence-electron chi connectivity index (χ3n) is 7.07. The monoisotopic (exact) mass is 504 g/mol. The summed E-state index contributed by atoms with van der Waals surface area (Å²) in [4.78, 5) is 17.0. The van der Waals surface area contributed by atoms with E-state index in [0.717, 1.165) is 83.4 Å². The lowest BCUT2D eigenvalue weighted by molar-refractivity contribution is 0.0394. The highest BCUT2D eigenvalue weighted by atomic mass is 16.5. The highest BCUT2D eigenvalue weighted by Crippen LogP contribution is 2.30. The Morgan fingerprint density at radius 2 is 1.74 bits per heavy atom. The molecule has 38 heavy (non-hydrogen) atoms. The molecule has 2 aromatic carbocycles. The summed E-state index contributed by atoms with van der Waals surface area (Å²) in [6, 6.07) is 25.2. The maximum absolute atomic E-state index is 5.51. The van der Waals surface area contributed by atoms with Crippen molar-refractivity contribution in [3.63, 3.8) is 0 Å². The van der Waals surface area contributed by atoms with Crippen LogP contribution in [-0.2, 0) is 4.74 Å². The van der Waals surface area contributed by atoms with E-state index in [1.165, 1.54) is 5.56 Å². The zero-order chi connectivity index (χ0) is 25.9. The molecule has 0 radical (unpaired) electrons. The standard InChI is InChI=1S/C31H32N6O/c1-22-9-11-24(12-10-22)37-30-8-4-3-6-26(30)35-29-20-28(34-25-7-5-13-32-23(25)2)27(21-31(29)37)33-14-15-36-16-18-38-19-17-36/h3-13,20-21,34H,14-19H2,1-2H3/b33-27-. The van der Waals surface area contributed by atoms with E-state index < -0.39 is 0 Å². The lowest BCUT2D eigenvalue weighted by Gasteiger charge is -2.25. The Bertz CT molecular complexity index is 1600.